The van der Waals surface area contributed by atoms with Crippen molar-refractivity contribution in [3.63, 3.8) is 0 Å². The summed E-state index contributed by atoms with van der Waals surface area (Å²) in [7, 11) is 1.31. The van der Waals surface area contributed by atoms with E-state index in [4.69, 9.17) is 5.73 Å². The molecule has 3 N–H and O–H groups in total. The van der Waals surface area contributed by atoms with Gasteiger partial charge in [-0.15, -0.1) is 0 Å². The summed E-state index contributed by atoms with van der Waals surface area (Å²) < 4.78 is 4.60. The zero-order valence-electron chi connectivity index (χ0n) is 9.58. The summed E-state index contributed by atoms with van der Waals surface area (Å²) >= 11 is 0. The lowest BCUT2D eigenvalue weighted by molar-refractivity contribution is -0.146. The van der Waals surface area contributed by atoms with E-state index in [-0.39, 0.29) is 11.8 Å². The molecule has 0 aliphatic rings. The van der Waals surface area contributed by atoms with Gasteiger partial charge in [0, 0.05) is 6.42 Å². The Balaban J connectivity index is 4.17. The van der Waals surface area contributed by atoms with Crippen LogP contribution in [0, 0.1) is 5.92 Å². The van der Waals surface area contributed by atoms with Gasteiger partial charge in [-0.1, -0.05) is 13.8 Å². The highest BCUT2D eigenvalue weighted by molar-refractivity contribution is 5.84. The first kappa shape index (κ1) is 13.9. The van der Waals surface area contributed by atoms with Gasteiger partial charge in [0.25, 0.3) is 0 Å². The van der Waals surface area contributed by atoms with Crippen LogP contribution in [-0.2, 0) is 14.3 Å². The first-order chi connectivity index (χ1) is 7.02. The molecule has 5 heteroatoms. The molecule has 1 unspecified atom stereocenters. The van der Waals surface area contributed by atoms with Gasteiger partial charge in [0.2, 0.25) is 5.91 Å². The molecule has 0 saturated carbocycles. The van der Waals surface area contributed by atoms with E-state index in [0.29, 0.717) is 19.4 Å². The monoisotopic (exact) mass is 216 g/mol. The van der Waals surface area contributed by atoms with Crippen molar-refractivity contribution in [3.05, 3.63) is 0 Å². The van der Waals surface area contributed by atoms with E-state index in [1.807, 2.05) is 13.8 Å². The maximum atomic E-state index is 11.4. The lowest BCUT2D eigenvalue weighted by Crippen LogP contribution is -2.45. The van der Waals surface area contributed by atoms with Crippen molar-refractivity contribution in [3.8, 4) is 0 Å². The molecule has 1 atom stereocenters. The normalized spacial score (nSPS) is 12.3. The predicted molar refractivity (Wildman–Crippen MR) is 57.1 cm³/mol. The number of rotatable bonds is 6. The quantitative estimate of drug-likeness (QED) is 0.614. The predicted octanol–water partition coefficient (Wildman–Crippen LogP) is 0.0391. The van der Waals surface area contributed by atoms with Crippen molar-refractivity contribution < 1.29 is 14.3 Å². The zero-order valence-corrected chi connectivity index (χ0v) is 9.58. The third-order valence-corrected chi connectivity index (χ3v) is 2.05. The molecule has 15 heavy (non-hydrogen) atoms. The van der Waals surface area contributed by atoms with Gasteiger partial charge >= 0.3 is 5.97 Å². The first-order valence-corrected chi connectivity index (χ1v) is 5.10. The second-order valence-corrected chi connectivity index (χ2v) is 3.70. The molecule has 0 aromatic heterocycles. The van der Waals surface area contributed by atoms with Gasteiger partial charge in [0.1, 0.15) is 6.04 Å². The van der Waals surface area contributed by atoms with Gasteiger partial charge in [0.05, 0.1) is 7.11 Å². The second-order valence-electron chi connectivity index (χ2n) is 3.70. The smallest absolute Gasteiger partial charge is 0.328 e. The van der Waals surface area contributed by atoms with Crippen molar-refractivity contribution in [1.29, 1.82) is 0 Å². The molecule has 1 amide bonds. The average Bonchev–Trinajstić information content (AvgIpc) is 2.21. The van der Waals surface area contributed by atoms with Crippen LogP contribution in [0.5, 0.6) is 0 Å². The minimum absolute atomic E-state index is 0.0132. The average molecular weight is 216 g/mol. The SMILES string of the molecule is COC(=O)C(NC(=O)CCCN)C(C)C. The number of esters is 1. The summed E-state index contributed by atoms with van der Waals surface area (Å²) in [6.45, 7) is 4.17. The number of hydrogen-bond donors (Lipinski definition) is 2. The van der Waals surface area contributed by atoms with Gasteiger partial charge in [0.15, 0.2) is 0 Å². The summed E-state index contributed by atoms with van der Waals surface area (Å²) in [5.74, 6) is -0.560. The molecular weight excluding hydrogens is 196 g/mol. The fourth-order valence-corrected chi connectivity index (χ4v) is 1.13. The lowest BCUT2D eigenvalue weighted by Gasteiger charge is -2.19. The maximum absolute atomic E-state index is 11.4. The van der Waals surface area contributed by atoms with E-state index in [2.05, 4.69) is 10.1 Å². The van der Waals surface area contributed by atoms with Crippen LogP contribution in [0.25, 0.3) is 0 Å². The van der Waals surface area contributed by atoms with Crippen LogP contribution in [0.3, 0.4) is 0 Å². The summed E-state index contributed by atoms with van der Waals surface area (Å²) in [6, 6.07) is -0.569. The van der Waals surface area contributed by atoms with Crippen LogP contribution in [0.2, 0.25) is 0 Å². The summed E-state index contributed by atoms with van der Waals surface area (Å²) in [4.78, 5) is 22.7. The maximum Gasteiger partial charge on any atom is 0.328 e. The van der Waals surface area contributed by atoms with E-state index in [1.165, 1.54) is 7.11 Å². The first-order valence-electron chi connectivity index (χ1n) is 5.10. The number of ether oxygens (including phenoxy) is 1. The van der Waals surface area contributed by atoms with E-state index in [0.717, 1.165) is 0 Å². The van der Waals surface area contributed by atoms with Crippen LogP contribution < -0.4 is 11.1 Å². The summed E-state index contributed by atoms with van der Waals surface area (Å²) in [5.41, 5.74) is 5.28. The Morgan fingerprint density at radius 3 is 2.40 bits per heavy atom. The number of carbonyl (C=O) groups excluding carboxylic acids is 2. The van der Waals surface area contributed by atoms with Crippen LogP contribution in [-0.4, -0.2) is 31.6 Å². The van der Waals surface area contributed by atoms with E-state index in [1.54, 1.807) is 0 Å². The van der Waals surface area contributed by atoms with Gasteiger partial charge in [-0.05, 0) is 18.9 Å². The van der Waals surface area contributed by atoms with E-state index >= 15 is 0 Å². The highest BCUT2D eigenvalue weighted by Crippen LogP contribution is 2.04. The molecule has 88 valence electrons. The topological polar surface area (TPSA) is 81.4 Å². The fourth-order valence-electron chi connectivity index (χ4n) is 1.13. The largest absolute Gasteiger partial charge is 0.467 e. The standard InChI is InChI=1S/C10H20N2O3/c1-7(2)9(10(14)15-3)12-8(13)5-4-6-11/h7,9H,4-6,11H2,1-3H3,(H,12,13). The highest BCUT2D eigenvalue weighted by atomic mass is 16.5. The molecule has 0 aliphatic heterocycles. The minimum Gasteiger partial charge on any atom is -0.467 e. The Hall–Kier alpha value is -1.10. The molecule has 0 heterocycles. The van der Waals surface area contributed by atoms with Gasteiger partial charge in [-0.3, -0.25) is 4.79 Å². The molecule has 0 aromatic rings. The molecule has 0 saturated heterocycles. The van der Waals surface area contributed by atoms with Crippen LogP contribution in [0.15, 0.2) is 0 Å². The van der Waals surface area contributed by atoms with Crippen molar-refractivity contribution in [2.24, 2.45) is 11.7 Å². The Bertz CT molecular complexity index is 217. The molecule has 0 bridgehead atoms. The second kappa shape index (κ2) is 7.23. The number of carbonyl (C=O) groups is 2. The number of nitrogens with two attached hydrogens (primary N) is 1. The molecule has 0 spiro atoms. The molecule has 0 radical (unpaired) electrons. The molecule has 0 aromatic carbocycles. The minimum atomic E-state index is -0.569. The van der Waals surface area contributed by atoms with Crippen molar-refractivity contribution in [1.82, 2.24) is 5.32 Å². The Labute approximate surface area is 90.4 Å². The number of nitrogens with one attached hydrogen (secondary N) is 1. The van der Waals surface area contributed by atoms with Crippen molar-refractivity contribution in [2.75, 3.05) is 13.7 Å². The van der Waals surface area contributed by atoms with Gasteiger partial charge < -0.3 is 15.8 Å². The summed E-state index contributed by atoms with van der Waals surface area (Å²) in [5, 5.41) is 2.63. The van der Waals surface area contributed by atoms with Crippen LogP contribution >= 0.6 is 0 Å². The molecule has 5 nitrogen and oxygen atoms in total. The van der Waals surface area contributed by atoms with E-state index < -0.39 is 12.0 Å². The Kier molecular flexibility index (Phi) is 6.70. The molecule has 0 fully saturated rings. The van der Waals surface area contributed by atoms with Crippen molar-refractivity contribution >= 4 is 11.9 Å². The zero-order chi connectivity index (χ0) is 11.8. The van der Waals surface area contributed by atoms with Gasteiger partial charge in [-0.2, -0.15) is 0 Å². The highest BCUT2D eigenvalue weighted by Gasteiger charge is 2.24. The Morgan fingerprint density at radius 2 is 2.00 bits per heavy atom. The molecule has 0 aliphatic carbocycles. The Morgan fingerprint density at radius 1 is 1.40 bits per heavy atom. The van der Waals surface area contributed by atoms with Gasteiger partial charge in [-0.25, -0.2) is 4.79 Å². The van der Waals surface area contributed by atoms with Crippen molar-refractivity contribution in [2.45, 2.75) is 32.7 Å². The number of amides is 1. The molecular formula is C10H20N2O3. The third kappa shape index (κ3) is 5.37. The lowest BCUT2D eigenvalue weighted by atomic mass is 10.0. The molecule has 0 rings (SSSR count). The number of hydrogen-bond acceptors (Lipinski definition) is 4. The van der Waals surface area contributed by atoms with Crippen LogP contribution in [0.1, 0.15) is 26.7 Å². The fraction of sp³-hybridized carbons (Fsp3) is 0.800. The number of methoxy groups -OCH3 is 1. The third-order valence-electron chi connectivity index (χ3n) is 2.05. The van der Waals surface area contributed by atoms with E-state index in [9.17, 15) is 9.59 Å². The summed E-state index contributed by atoms with van der Waals surface area (Å²) in [6.07, 6.45) is 0.967. The van der Waals surface area contributed by atoms with Crippen LogP contribution in [0.4, 0.5) is 0 Å².